The van der Waals surface area contributed by atoms with Crippen LogP contribution >= 0.6 is 0 Å². The maximum Gasteiger partial charge on any atom is 0.410 e. The highest BCUT2D eigenvalue weighted by atomic mass is 16.6. The van der Waals surface area contributed by atoms with Crippen LogP contribution in [0.1, 0.15) is 58.4 Å². The fourth-order valence-electron chi connectivity index (χ4n) is 4.64. The van der Waals surface area contributed by atoms with Gasteiger partial charge in [-0.25, -0.2) is 14.8 Å². The summed E-state index contributed by atoms with van der Waals surface area (Å²) in [4.78, 5) is 25.8. The topological polar surface area (TPSA) is 94.4 Å². The van der Waals surface area contributed by atoms with Crippen molar-refractivity contribution >= 4 is 17.7 Å². The number of pyridine rings is 2. The molecule has 2 aromatic rings. The largest absolute Gasteiger partial charge is 0.444 e. The number of hydrogen-bond acceptors (Lipinski definition) is 7. The van der Waals surface area contributed by atoms with Gasteiger partial charge in [-0.1, -0.05) is 19.3 Å². The number of aromatic nitrogens is 2. The molecule has 35 heavy (non-hydrogen) atoms. The monoisotopic (exact) mass is 476 g/mol. The zero-order chi connectivity index (χ0) is 24.8. The number of piperazine rings is 1. The Bertz CT molecular complexity index is 1060. The van der Waals surface area contributed by atoms with Gasteiger partial charge in [-0.15, -0.1) is 0 Å². The van der Waals surface area contributed by atoms with Crippen molar-refractivity contribution in [2.75, 3.05) is 36.4 Å². The molecule has 3 heterocycles. The standard InChI is InChI=1S/C27H36N6O2/c1-27(2,3)35-26(34)33-15-13-32(14-16-33)25-18-20(9-11-28)17-23(31-25)21-10-12-29-24(19-21)30-22-7-5-4-6-8-22/h10,12,17-19,22H,4-9,13-16H2,1-3H3,(H,29,30). The molecule has 2 fully saturated rings. The van der Waals surface area contributed by atoms with Gasteiger partial charge in [0, 0.05) is 44.0 Å². The number of hydrogen-bond donors (Lipinski definition) is 1. The second-order valence-corrected chi connectivity index (χ2v) is 10.4. The van der Waals surface area contributed by atoms with E-state index in [9.17, 15) is 10.1 Å². The molecular weight excluding hydrogens is 440 g/mol. The first kappa shape index (κ1) is 24.8. The molecule has 2 aromatic heterocycles. The van der Waals surface area contributed by atoms with Crippen LogP contribution in [0.4, 0.5) is 16.4 Å². The summed E-state index contributed by atoms with van der Waals surface area (Å²) in [6, 6.07) is 10.7. The maximum absolute atomic E-state index is 12.4. The number of nitrogens with zero attached hydrogens (tertiary/aromatic N) is 5. The molecule has 0 bridgehead atoms. The fraction of sp³-hybridized carbons (Fsp3) is 0.556. The molecule has 8 nitrogen and oxygen atoms in total. The molecule has 2 aliphatic rings. The zero-order valence-corrected chi connectivity index (χ0v) is 21.1. The average Bonchev–Trinajstić information content (AvgIpc) is 2.84. The highest BCUT2D eigenvalue weighted by Crippen LogP contribution is 2.27. The minimum atomic E-state index is -0.508. The minimum absolute atomic E-state index is 0.279. The van der Waals surface area contributed by atoms with Gasteiger partial charge in [0.2, 0.25) is 0 Å². The molecule has 4 rings (SSSR count). The quantitative estimate of drug-likeness (QED) is 0.648. The molecule has 186 valence electrons. The SMILES string of the molecule is CC(C)(C)OC(=O)N1CCN(c2cc(CC#N)cc(-c3ccnc(NC4CCCCC4)c3)n2)CC1. The van der Waals surface area contributed by atoms with Crippen LogP contribution in [0.25, 0.3) is 11.3 Å². The van der Waals surface area contributed by atoms with Crippen LogP contribution in [0.3, 0.4) is 0 Å². The Morgan fingerprint density at radius 3 is 2.57 bits per heavy atom. The number of amides is 1. The van der Waals surface area contributed by atoms with Crippen molar-refractivity contribution < 1.29 is 9.53 Å². The van der Waals surface area contributed by atoms with Crippen LogP contribution in [0.15, 0.2) is 30.5 Å². The van der Waals surface area contributed by atoms with Crippen LogP contribution in [0.2, 0.25) is 0 Å². The molecule has 1 amide bonds. The van der Waals surface area contributed by atoms with E-state index >= 15 is 0 Å². The number of rotatable bonds is 5. The Morgan fingerprint density at radius 1 is 1.14 bits per heavy atom. The third-order valence-corrected chi connectivity index (χ3v) is 6.42. The highest BCUT2D eigenvalue weighted by Gasteiger charge is 2.26. The molecule has 1 saturated heterocycles. The number of carbonyl (C=O) groups excluding carboxylic acids is 1. The van der Waals surface area contributed by atoms with Gasteiger partial charge < -0.3 is 19.9 Å². The summed E-state index contributed by atoms with van der Waals surface area (Å²) in [5, 5.41) is 12.9. The fourth-order valence-corrected chi connectivity index (χ4v) is 4.64. The molecule has 8 heteroatoms. The summed E-state index contributed by atoms with van der Waals surface area (Å²) in [6.45, 7) is 8.09. The Labute approximate surface area is 208 Å². The van der Waals surface area contributed by atoms with Crippen molar-refractivity contribution in [3.63, 3.8) is 0 Å². The van der Waals surface area contributed by atoms with Crippen LogP contribution in [0, 0.1) is 11.3 Å². The Balaban J connectivity index is 1.50. The minimum Gasteiger partial charge on any atom is -0.444 e. The zero-order valence-electron chi connectivity index (χ0n) is 21.1. The summed E-state index contributed by atoms with van der Waals surface area (Å²) in [7, 11) is 0. The summed E-state index contributed by atoms with van der Waals surface area (Å²) in [5.74, 6) is 1.70. The van der Waals surface area contributed by atoms with Crippen molar-refractivity contribution in [3.8, 4) is 17.3 Å². The van der Waals surface area contributed by atoms with E-state index in [1.54, 1.807) is 4.90 Å². The van der Waals surface area contributed by atoms with Crippen molar-refractivity contribution in [1.82, 2.24) is 14.9 Å². The first-order chi connectivity index (χ1) is 16.8. The molecule has 0 radical (unpaired) electrons. The number of ether oxygens (including phenoxy) is 1. The molecule has 1 aliphatic carbocycles. The van der Waals surface area contributed by atoms with Crippen molar-refractivity contribution in [3.05, 3.63) is 36.0 Å². The van der Waals surface area contributed by atoms with Crippen LogP contribution < -0.4 is 10.2 Å². The van der Waals surface area contributed by atoms with Crippen LogP contribution in [0.5, 0.6) is 0 Å². The van der Waals surface area contributed by atoms with E-state index in [4.69, 9.17) is 9.72 Å². The second-order valence-electron chi connectivity index (χ2n) is 10.4. The van der Waals surface area contributed by atoms with Crippen molar-refractivity contribution in [2.24, 2.45) is 0 Å². The third kappa shape index (κ3) is 6.84. The molecule has 1 aliphatic heterocycles. The summed E-state index contributed by atoms with van der Waals surface area (Å²) < 4.78 is 5.52. The van der Waals surface area contributed by atoms with E-state index in [0.29, 0.717) is 38.6 Å². The smallest absolute Gasteiger partial charge is 0.410 e. The van der Waals surface area contributed by atoms with Crippen LogP contribution in [-0.2, 0) is 11.2 Å². The second kappa shape index (κ2) is 10.9. The Hall–Kier alpha value is -3.34. The van der Waals surface area contributed by atoms with E-state index in [0.717, 1.165) is 28.5 Å². The lowest BCUT2D eigenvalue weighted by Crippen LogP contribution is -2.50. The summed E-state index contributed by atoms with van der Waals surface area (Å²) in [5.41, 5.74) is 2.23. The third-order valence-electron chi connectivity index (χ3n) is 6.42. The normalized spacial score (nSPS) is 17.1. The van der Waals surface area contributed by atoms with Gasteiger partial charge in [-0.05, 0) is 63.4 Å². The summed E-state index contributed by atoms with van der Waals surface area (Å²) >= 11 is 0. The van der Waals surface area contributed by atoms with E-state index < -0.39 is 5.60 Å². The lowest BCUT2D eigenvalue weighted by Gasteiger charge is -2.36. The van der Waals surface area contributed by atoms with Gasteiger partial charge in [0.1, 0.15) is 17.2 Å². The van der Waals surface area contributed by atoms with E-state index in [1.165, 1.54) is 32.1 Å². The van der Waals surface area contributed by atoms with Gasteiger partial charge in [0.15, 0.2) is 0 Å². The van der Waals surface area contributed by atoms with E-state index in [1.807, 2.05) is 45.2 Å². The molecule has 0 unspecified atom stereocenters. The molecule has 1 N–H and O–H groups in total. The lowest BCUT2D eigenvalue weighted by atomic mass is 9.95. The van der Waals surface area contributed by atoms with Crippen LogP contribution in [-0.4, -0.2) is 58.8 Å². The molecule has 0 aromatic carbocycles. The predicted molar refractivity (Wildman–Crippen MR) is 137 cm³/mol. The van der Waals surface area contributed by atoms with Gasteiger partial charge >= 0.3 is 6.09 Å². The Morgan fingerprint density at radius 2 is 1.89 bits per heavy atom. The van der Waals surface area contributed by atoms with Gasteiger partial charge in [-0.2, -0.15) is 5.26 Å². The number of nitriles is 1. The lowest BCUT2D eigenvalue weighted by molar-refractivity contribution is 0.0240. The first-order valence-electron chi connectivity index (χ1n) is 12.6. The molecule has 1 saturated carbocycles. The maximum atomic E-state index is 12.4. The molecular formula is C27H36N6O2. The van der Waals surface area contributed by atoms with E-state index in [-0.39, 0.29) is 6.09 Å². The van der Waals surface area contributed by atoms with E-state index in [2.05, 4.69) is 27.3 Å². The van der Waals surface area contributed by atoms with Crippen molar-refractivity contribution in [2.45, 2.75) is 70.9 Å². The first-order valence-corrected chi connectivity index (χ1v) is 12.6. The average molecular weight is 477 g/mol. The van der Waals surface area contributed by atoms with Gasteiger partial charge in [0.25, 0.3) is 0 Å². The Kier molecular flexibility index (Phi) is 7.74. The molecule has 0 atom stereocenters. The van der Waals surface area contributed by atoms with Gasteiger partial charge in [-0.3, -0.25) is 0 Å². The van der Waals surface area contributed by atoms with Crippen molar-refractivity contribution in [1.29, 1.82) is 5.26 Å². The number of anilines is 2. The predicted octanol–water partition coefficient (Wildman–Crippen LogP) is 5.01. The number of nitrogens with one attached hydrogen (secondary N) is 1. The number of carbonyl (C=O) groups is 1. The summed E-state index contributed by atoms with van der Waals surface area (Å²) in [6.07, 6.45) is 8.06. The molecule has 0 spiro atoms. The van der Waals surface area contributed by atoms with Gasteiger partial charge in [0.05, 0.1) is 18.2 Å². The highest BCUT2D eigenvalue weighted by molar-refractivity contribution is 5.69.